The van der Waals surface area contributed by atoms with Crippen molar-refractivity contribution in [2.24, 2.45) is 11.7 Å². The van der Waals surface area contributed by atoms with Gasteiger partial charge in [0.15, 0.2) is 11.5 Å². The van der Waals surface area contributed by atoms with E-state index in [9.17, 15) is 15.0 Å². The van der Waals surface area contributed by atoms with Crippen LogP contribution in [0.4, 0.5) is 0 Å². The van der Waals surface area contributed by atoms with Crippen LogP contribution in [0.1, 0.15) is 23.2 Å². The van der Waals surface area contributed by atoms with E-state index in [-0.39, 0.29) is 29.0 Å². The van der Waals surface area contributed by atoms with Gasteiger partial charge in [-0.1, -0.05) is 6.07 Å². The van der Waals surface area contributed by atoms with Crippen LogP contribution in [0, 0.1) is 5.92 Å². The van der Waals surface area contributed by atoms with E-state index in [4.69, 9.17) is 5.73 Å². The Bertz CT molecular complexity index is 428. The zero-order chi connectivity index (χ0) is 12.4. The van der Waals surface area contributed by atoms with Crippen molar-refractivity contribution in [2.45, 2.75) is 18.9 Å². The van der Waals surface area contributed by atoms with Gasteiger partial charge in [0.25, 0.3) is 5.91 Å². The normalized spacial score (nSPS) is 22.9. The van der Waals surface area contributed by atoms with Crippen LogP contribution < -0.4 is 11.1 Å². The summed E-state index contributed by atoms with van der Waals surface area (Å²) in [4.78, 5) is 11.7. The number of carbonyl (C=O) groups is 1. The SMILES string of the molecule is NC1CC(CNC(=O)c2cccc(O)c2O)C1. The molecule has 0 aromatic heterocycles. The number of nitrogens with two attached hydrogens (primary N) is 1. The highest BCUT2D eigenvalue weighted by atomic mass is 16.3. The summed E-state index contributed by atoms with van der Waals surface area (Å²) in [7, 11) is 0. The smallest absolute Gasteiger partial charge is 0.255 e. The first kappa shape index (κ1) is 11.7. The maximum Gasteiger partial charge on any atom is 0.255 e. The molecule has 0 spiro atoms. The first-order valence-corrected chi connectivity index (χ1v) is 5.62. The maximum atomic E-state index is 11.7. The lowest BCUT2D eigenvalue weighted by molar-refractivity contribution is 0.0932. The van der Waals surface area contributed by atoms with Gasteiger partial charge in [0, 0.05) is 12.6 Å². The molecule has 1 aromatic rings. The molecule has 0 heterocycles. The van der Waals surface area contributed by atoms with Crippen molar-refractivity contribution >= 4 is 5.91 Å². The average molecular weight is 236 g/mol. The fraction of sp³-hybridized carbons (Fsp3) is 0.417. The molecule has 92 valence electrons. The number of amides is 1. The fourth-order valence-corrected chi connectivity index (χ4v) is 2.00. The Morgan fingerprint density at radius 3 is 2.76 bits per heavy atom. The molecule has 0 unspecified atom stereocenters. The number of benzene rings is 1. The van der Waals surface area contributed by atoms with Crippen molar-refractivity contribution in [3.05, 3.63) is 23.8 Å². The summed E-state index contributed by atoms with van der Waals surface area (Å²) in [6, 6.07) is 4.57. The lowest BCUT2D eigenvalue weighted by Crippen LogP contribution is -2.42. The van der Waals surface area contributed by atoms with Gasteiger partial charge in [-0.25, -0.2) is 0 Å². The van der Waals surface area contributed by atoms with Gasteiger partial charge in [0.1, 0.15) is 0 Å². The standard InChI is InChI=1S/C12H16N2O3/c13-8-4-7(5-8)6-14-12(17)9-2-1-3-10(15)11(9)16/h1-3,7-8,15-16H,4-6,13H2,(H,14,17). The summed E-state index contributed by atoms with van der Waals surface area (Å²) in [6.45, 7) is 0.557. The number of phenolic OH excluding ortho intramolecular Hbond substituents is 2. The van der Waals surface area contributed by atoms with Crippen LogP contribution >= 0.6 is 0 Å². The van der Waals surface area contributed by atoms with Gasteiger partial charge in [0.05, 0.1) is 5.56 Å². The van der Waals surface area contributed by atoms with Gasteiger partial charge < -0.3 is 21.3 Å². The Morgan fingerprint density at radius 2 is 2.12 bits per heavy atom. The number of carbonyl (C=O) groups excluding carboxylic acids is 1. The molecule has 0 radical (unpaired) electrons. The van der Waals surface area contributed by atoms with E-state index in [1.54, 1.807) is 0 Å². The number of aromatic hydroxyl groups is 2. The third kappa shape index (κ3) is 2.50. The molecule has 0 saturated heterocycles. The molecule has 1 fully saturated rings. The van der Waals surface area contributed by atoms with Gasteiger partial charge in [-0.05, 0) is 30.9 Å². The van der Waals surface area contributed by atoms with E-state index in [0.29, 0.717) is 12.5 Å². The molecule has 5 nitrogen and oxygen atoms in total. The summed E-state index contributed by atoms with van der Waals surface area (Å²) in [5, 5.41) is 21.5. The van der Waals surface area contributed by atoms with Gasteiger partial charge in [-0.3, -0.25) is 4.79 Å². The fourth-order valence-electron chi connectivity index (χ4n) is 2.00. The molecule has 1 amide bonds. The van der Waals surface area contributed by atoms with E-state index in [2.05, 4.69) is 5.32 Å². The largest absolute Gasteiger partial charge is 0.504 e. The lowest BCUT2D eigenvalue weighted by atomic mass is 9.81. The summed E-state index contributed by atoms with van der Waals surface area (Å²) < 4.78 is 0. The van der Waals surface area contributed by atoms with Crippen LogP contribution in [-0.4, -0.2) is 28.7 Å². The van der Waals surface area contributed by atoms with Crippen LogP contribution in [0.3, 0.4) is 0 Å². The predicted molar refractivity (Wildman–Crippen MR) is 62.8 cm³/mol. The zero-order valence-corrected chi connectivity index (χ0v) is 9.39. The van der Waals surface area contributed by atoms with Crippen LogP contribution in [0.25, 0.3) is 0 Å². The number of phenols is 2. The minimum Gasteiger partial charge on any atom is -0.504 e. The Morgan fingerprint density at radius 1 is 1.41 bits per heavy atom. The second kappa shape index (κ2) is 4.63. The maximum absolute atomic E-state index is 11.7. The summed E-state index contributed by atoms with van der Waals surface area (Å²) in [5.74, 6) is -0.620. The zero-order valence-electron chi connectivity index (χ0n) is 9.39. The molecule has 0 aliphatic heterocycles. The van der Waals surface area contributed by atoms with Crippen LogP contribution in [0.5, 0.6) is 11.5 Å². The number of hydrogen-bond donors (Lipinski definition) is 4. The highest BCUT2D eigenvalue weighted by Gasteiger charge is 2.26. The van der Waals surface area contributed by atoms with Crippen molar-refractivity contribution in [3.63, 3.8) is 0 Å². The van der Waals surface area contributed by atoms with Crippen LogP contribution in [-0.2, 0) is 0 Å². The number of rotatable bonds is 3. The molecule has 1 saturated carbocycles. The van der Waals surface area contributed by atoms with E-state index >= 15 is 0 Å². The minimum absolute atomic E-state index is 0.0913. The third-order valence-corrected chi connectivity index (χ3v) is 3.08. The first-order valence-electron chi connectivity index (χ1n) is 5.62. The van der Waals surface area contributed by atoms with Crippen molar-refractivity contribution in [1.29, 1.82) is 0 Å². The van der Waals surface area contributed by atoms with Crippen LogP contribution in [0.15, 0.2) is 18.2 Å². The average Bonchev–Trinajstić information content (AvgIpc) is 2.26. The Kier molecular flexibility index (Phi) is 3.19. The molecule has 17 heavy (non-hydrogen) atoms. The molecule has 0 bridgehead atoms. The van der Waals surface area contributed by atoms with Crippen molar-refractivity contribution < 1.29 is 15.0 Å². The van der Waals surface area contributed by atoms with Crippen molar-refractivity contribution in [2.75, 3.05) is 6.54 Å². The van der Waals surface area contributed by atoms with Gasteiger partial charge in [-0.15, -0.1) is 0 Å². The van der Waals surface area contributed by atoms with Crippen molar-refractivity contribution in [3.8, 4) is 11.5 Å². The molecule has 1 aliphatic rings. The summed E-state index contributed by atoms with van der Waals surface area (Å²) >= 11 is 0. The molecular formula is C12H16N2O3. The molecular weight excluding hydrogens is 220 g/mol. The number of hydrogen-bond acceptors (Lipinski definition) is 4. The molecule has 1 aliphatic carbocycles. The Labute approximate surface area is 99.3 Å². The van der Waals surface area contributed by atoms with Crippen LogP contribution in [0.2, 0.25) is 0 Å². The lowest BCUT2D eigenvalue weighted by Gasteiger charge is -2.32. The van der Waals surface area contributed by atoms with Gasteiger partial charge in [0.2, 0.25) is 0 Å². The van der Waals surface area contributed by atoms with E-state index < -0.39 is 0 Å². The second-order valence-corrected chi connectivity index (χ2v) is 4.48. The summed E-state index contributed by atoms with van der Waals surface area (Å²) in [5.41, 5.74) is 5.74. The quantitative estimate of drug-likeness (QED) is 0.577. The monoisotopic (exact) mass is 236 g/mol. The summed E-state index contributed by atoms with van der Waals surface area (Å²) in [6.07, 6.45) is 1.85. The van der Waals surface area contributed by atoms with E-state index in [1.807, 2.05) is 0 Å². The molecule has 5 N–H and O–H groups in total. The molecule has 2 rings (SSSR count). The molecule has 5 heteroatoms. The Hall–Kier alpha value is -1.75. The number of para-hydroxylation sites is 1. The Balaban J connectivity index is 1.93. The predicted octanol–water partition coefficient (Wildman–Crippen LogP) is 0.565. The third-order valence-electron chi connectivity index (χ3n) is 3.08. The topological polar surface area (TPSA) is 95.6 Å². The van der Waals surface area contributed by atoms with E-state index in [1.165, 1.54) is 18.2 Å². The van der Waals surface area contributed by atoms with Crippen molar-refractivity contribution in [1.82, 2.24) is 5.32 Å². The highest BCUT2D eigenvalue weighted by Crippen LogP contribution is 2.28. The highest BCUT2D eigenvalue weighted by molar-refractivity contribution is 5.97. The van der Waals surface area contributed by atoms with Gasteiger partial charge in [-0.2, -0.15) is 0 Å². The van der Waals surface area contributed by atoms with E-state index in [0.717, 1.165) is 12.8 Å². The molecule has 1 aromatic carbocycles. The van der Waals surface area contributed by atoms with Gasteiger partial charge >= 0.3 is 0 Å². The number of nitrogens with one attached hydrogen (secondary N) is 1. The second-order valence-electron chi connectivity index (χ2n) is 4.48. The minimum atomic E-state index is -0.379. The molecule has 0 atom stereocenters. The first-order chi connectivity index (χ1) is 8.08.